The van der Waals surface area contributed by atoms with Crippen LogP contribution in [0.1, 0.15) is 41.1 Å². The molecule has 7 heteroatoms. The first-order valence-corrected chi connectivity index (χ1v) is 9.09. The molecule has 0 spiro atoms. The Bertz CT molecular complexity index is 763. The quantitative estimate of drug-likeness (QED) is 0.837. The van der Waals surface area contributed by atoms with Crippen LogP contribution in [-0.4, -0.2) is 57.9 Å². The third kappa shape index (κ3) is 4.53. The summed E-state index contributed by atoms with van der Waals surface area (Å²) < 4.78 is 0. The number of aryl methyl sites for hydroxylation is 1. The van der Waals surface area contributed by atoms with Gasteiger partial charge >= 0.3 is 0 Å². The Morgan fingerprint density at radius 3 is 2.69 bits per heavy atom. The molecular weight excluding hydrogens is 328 g/mol. The van der Waals surface area contributed by atoms with Crippen LogP contribution in [0.25, 0.3) is 0 Å². The van der Waals surface area contributed by atoms with E-state index in [0.29, 0.717) is 11.6 Å². The Labute approximate surface area is 154 Å². The molecule has 0 unspecified atom stereocenters. The molecule has 0 N–H and O–H groups in total. The number of amides is 1. The van der Waals surface area contributed by atoms with Gasteiger partial charge < -0.3 is 9.80 Å². The van der Waals surface area contributed by atoms with Gasteiger partial charge in [-0.1, -0.05) is 0 Å². The predicted molar refractivity (Wildman–Crippen MR) is 100 cm³/mol. The zero-order valence-electron chi connectivity index (χ0n) is 15.7. The smallest absolute Gasteiger partial charge is 0.272 e. The van der Waals surface area contributed by atoms with Crippen LogP contribution in [0.3, 0.4) is 0 Å². The number of hydrogen-bond donors (Lipinski definition) is 0. The molecule has 26 heavy (non-hydrogen) atoms. The lowest BCUT2D eigenvalue weighted by Gasteiger charge is -2.21. The van der Waals surface area contributed by atoms with E-state index in [0.717, 1.165) is 56.0 Å². The number of carbonyl (C=O) groups is 1. The maximum atomic E-state index is 12.1. The molecule has 138 valence electrons. The number of anilines is 1. The molecule has 7 nitrogen and oxygen atoms in total. The lowest BCUT2D eigenvalue weighted by Crippen LogP contribution is -2.25. The van der Waals surface area contributed by atoms with Gasteiger partial charge in [0.05, 0.1) is 0 Å². The summed E-state index contributed by atoms with van der Waals surface area (Å²) in [5.74, 6) is 1.49. The molecule has 2 aromatic rings. The van der Waals surface area contributed by atoms with E-state index >= 15 is 0 Å². The fraction of sp³-hybridized carbons (Fsp3) is 0.526. The SMILES string of the molecule is Cc1cc(N2CCC[C@H](Cc3cc(C(=O)N(C)C)ncn3)CC2)ncn1. The van der Waals surface area contributed by atoms with Crippen molar-refractivity contribution in [3.8, 4) is 0 Å². The highest BCUT2D eigenvalue weighted by Crippen LogP contribution is 2.24. The van der Waals surface area contributed by atoms with Gasteiger partial charge in [-0.15, -0.1) is 0 Å². The molecule has 1 fully saturated rings. The van der Waals surface area contributed by atoms with E-state index in [1.807, 2.05) is 19.1 Å². The van der Waals surface area contributed by atoms with E-state index in [1.165, 1.54) is 6.33 Å². The van der Waals surface area contributed by atoms with Gasteiger partial charge in [-0.2, -0.15) is 0 Å². The molecular formula is C19H26N6O. The molecule has 0 radical (unpaired) electrons. The summed E-state index contributed by atoms with van der Waals surface area (Å²) in [6, 6.07) is 3.88. The number of aromatic nitrogens is 4. The van der Waals surface area contributed by atoms with Gasteiger partial charge in [0.25, 0.3) is 5.91 Å². The molecule has 2 aromatic heterocycles. The maximum absolute atomic E-state index is 12.1. The highest BCUT2D eigenvalue weighted by atomic mass is 16.2. The minimum absolute atomic E-state index is 0.0835. The van der Waals surface area contributed by atoms with E-state index in [2.05, 4.69) is 24.8 Å². The molecule has 0 bridgehead atoms. The number of hydrogen-bond acceptors (Lipinski definition) is 6. The number of nitrogens with zero attached hydrogens (tertiary/aromatic N) is 6. The minimum atomic E-state index is -0.0835. The lowest BCUT2D eigenvalue weighted by atomic mass is 9.95. The molecule has 1 atom stereocenters. The highest BCUT2D eigenvalue weighted by Gasteiger charge is 2.20. The summed E-state index contributed by atoms with van der Waals surface area (Å²) in [7, 11) is 3.47. The zero-order chi connectivity index (χ0) is 18.5. The minimum Gasteiger partial charge on any atom is -0.357 e. The van der Waals surface area contributed by atoms with Crippen LogP contribution in [0.4, 0.5) is 5.82 Å². The summed E-state index contributed by atoms with van der Waals surface area (Å²) in [4.78, 5) is 33.1. The van der Waals surface area contributed by atoms with Crippen molar-refractivity contribution in [3.63, 3.8) is 0 Å². The highest BCUT2D eigenvalue weighted by molar-refractivity contribution is 5.91. The van der Waals surface area contributed by atoms with E-state index in [1.54, 1.807) is 25.3 Å². The second kappa shape index (κ2) is 8.21. The Balaban J connectivity index is 1.63. The lowest BCUT2D eigenvalue weighted by molar-refractivity contribution is 0.0821. The second-order valence-corrected chi connectivity index (χ2v) is 7.10. The molecule has 1 aliphatic rings. The van der Waals surface area contributed by atoms with Crippen LogP contribution in [0.2, 0.25) is 0 Å². The maximum Gasteiger partial charge on any atom is 0.272 e. The predicted octanol–water partition coefficient (Wildman–Crippen LogP) is 2.13. The Kier molecular flexibility index (Phi) is 5.75. The van der Waals surface area contributed by atoms with Crippen LogP contribution >= 0.6 is 0 Å². The van der Waals surface area contributed by atoms with Crippen LogP contribution in [0.5, 0.6) is 0 Å². The third-order valence-electron chi connectivity index (χ3n) is 4.81. The fourth-order valence-corrected chi connectivity index (χ4v) is 3.36. The third-order valence-corrected chi connectivity index (χ3v) is 4.81. The normalized spacial score (nSPS) is 17.7. The van der Waals surface area contributed by atoms with Gasteiger partial charge in [-0.05, 0) is 44.6 Å². The monoisotopic (exact) mass is 354 g/mol. The van der Waals surface area contributed by atoms with E-state index < -0.39 is 0 Å². The van der Waals surface area contributed by atoms with Crippen molar-refractivity contribution in [1.29, 1.82) is 0 Å². The van der Waals surface area contributed by atoms with Crippen LogP contribution in [0, 0.1) is 12.8 Å². The Hall–Kier alpha value is -2.57. The summed E-state index contributed by atoms with van der Waals surface area (Å²) >= 11 is 0. The average Bonchev–Trinajstić information content (AvgIpc) is 2.87. The van der Waals surface area contributed by atoms with Crippen molar-refractivity contribution in [3.05, 3.63) is 41.9 Å². The molecule has 0 aromatic carbocycles. The molecule has 1 aliphatic heterocycles. The first-order valence-electron chi connectivity index (χ1n) is 9.09. The Morgan fingerprint density at radius 1 is 1.12 bits per heavy atom. The molecule has 0 aliphatic carbocycles. The zero-order valence-corrected chi connectivity index (χ0v) is 15.7. The molecule has 0 saturated carbocycles. The fourth-order valence-electron chi connectivity index (χ4n) is 3.36. The van der Waals surface area contributed by atoms with Crippen LogP contribution in [0.15, 0.2) is 24.8 Å². The largest absolute Gasteiger partial charge is 0.357 e. The van der Waals surface area contributed by atoms with Crippen molar-refractivity contribution in [2.75, 3.05) is 32.1 Å². The van der Waals surface area contributed by atoms with Gasteiger partial charge in [0.15, 0.2) is 0 Å². The van der Waals surface area contributed by atoms with E-state index in [4.69, 9.17) is 0 Å². The summed E-state index contributed by atoms with van der Waals surface area (Å²) in [6.45, 7) is 3.99. The molecule has 1 amide bonds. The van der Waals surface area contributed by atoms with E-state index in [9.17, 15) is 4.79 Å². The van der Waals surface area contributed by atoms with Crippen molar-refractivity contribution in [1.82, 2.24) is 24.8 Å². The number of rotatable bonds is 4. The number of carbonyl (C=O) groups excluding carboxylic acids is 1. The molecule has 3 heterocycles. The summed E-state index contributed by atoms with van der Waals surface area (Å²) in [5.41, 5.74) is 2.41. The van der Waals surface area contributed by atoms with Gasteiger partial charge in [0.1, 0.15) is 24.2 Å². The van der Waals surface area contributed by atoms with Gasteiger partial charge in [-0.25, -0.2) is 19.9 Å². The Morgan fingerprint density at radius 2 is 1.92 bits per heavy atom. The van der Waals surface area contributed by atoms with Crippen molar-refractivity contribution < 1.29 is 4.79 Å². The van der Waals surface area contributed by atoms with Crippen LogP contribution < -0.4 is 4.90 Å². The summed E-state index contributed by atoms with van der Waals surface area (Å²) in [5, 5.41) is 0. The van der Waals surface area contributed by atoms with Crippen molar-refractivity contribution in [2.24, 2.45) is 5.92 Å². The first-order chi connectivity index (χ1) is 12.5. The second-order valence-electron chi connectivity index (χ2n) is 7.10. The van der Waals surface area contributed by atoms with E-state index in [-0.39, 0.29) is 5.91 Å². The average molecular weight is 354 g/mol. The van der Waals surface area contributed by atoms with Crippen molar-refractivity contribution in [2.45, 2.75) is 32.6 Å². The van der Waals surface area contributed by atoms with Crippen molar-refractivity contribution >= 4 is 11.7 Å². The summed E-state index contributed by atoms with van der Waals surface area (Å²) in [6.07, 6.45) is 7.39. The molecule has 1 saturated heterocycles. The topological polar surface area (TPSA) is 75.1 Å². The molecule has 3 rings (SSSR count). The first kappa shape index (κ1) is 18.2. The van der Waals surface area contributed by atoms with Crippen LogP contribution in [-0.2, 0) is 6.42 Å². The van der Waals surface area contributed by atoms with Gasteiger partial charge in [-0.3, -0.25) is 4.79 Å². The van der Waals surface area contributed by atoms with Gasteiger partial charge in [0.2, 0.25) is 0 Å². The standard InChI is InChI=1S/C19H26N6O/c1-14-9-18(23-12-20-14)25-7-4-5-15(6-8-25)10-16-11-17(22-13-21-16)19(26)24(2)3/h9,11-13,15H,4-8,10H2,1-3H3/t15-/m0/s1. The van der Waals surface area contributed by atoms with Gasteiger partial charge in [0, 0.05) is 44.6 Å².